The Morgan fingerprint density at radius 1 is 1.20 bits per heavy atom. The van der Waals surface area contributed by atoms with E-state index in [0.717, 1.165) is 0 Å². The van der Waals surface area contributed by atoms with Gasteiger partial charge in [-0.3, -0.25) is 4.79 Å². The van der Waals surface area contributed by atoms with E-state index in [4.69, 9.17) is 11.6 Å². The summed E-state index contributed by atoms with van der Waals surface area (Å²) in [6, 6.07) is 3.98. The molecule has 0 heterocycles. The second-order valence-corrected chi connectivity index (χ2v) is 7.36. The first-order valence-corrected chi connectivity index (χ1v) is 7.90. The van der Waals surface area contributed by atoms with Crippen LogP contribution in [0.2, 0.25) is 5.02 Å². The molecule has 0 bridgehead atoms. The smallest absolute Gasteiger partial charge is 0.254 e. The Bertz CT molecular complexity index is 612. The van der Waals surface area contributed by atoms with Crippen LogP contribution in [0.3, 0.4) is 0 Å². The van der Waals surface area contributed by atoms with E-state index < -0.39 is 10.0 Å². The van der Waals surface area contributed by atoms with E-state index >= 15 is 0 Å². The first kappa shape index (κ1) is 16.9. The van der Waals surface area contributed by atoms with E-state index in [9.17, 15) is 13.2 Å². The van der Waals surface area contributed by atoms with Crippen molar-refractivity contribution in [2.24, 2.45) is 0 Å². The lowest BCUT2D eigenvalue weighted by Gasteiger charge is -2.21. The maximum absolute atomic E-state index is 12.4. The number of benzene rings is 1. The van der Waals surface area contributed by atoms with Crippen LogP contribution >= 0.6 is 11.6 Å². The third kappa shape index (κ3) is 3.31. The molecule has 0 radical (unpaired) electrons. The molecule has 0 spiro atoms. The number of sulfonamides is 1. The predicted molar refractivity (Wildman–Crippen MR) is 79.6 cm³/mol. The molecule has 0 aliphatic rings. The van der Waals surface area contributed by atoms with Crippen molar-refractivity contribution < 1.29 is 13.2 Å². The van der Waals surface area contributed by atoms with Gasteiger partial charge in [-0.05, 0) is 32.0 Å². The van der Waals surface area contributed by atoms with Gasteiger partial charge < -0.3 is 4.90 Å². The van der Waals surface area contributed by atoms with Crippen molar-refractivity contribution in [1.82, 2.24) is 9.21 Å². The number of nitrogens with zero attached hydrogens (tertiary/aromatic N) is 2. The number of hydrogen-bond acceptors (Lipinski definition) is 3. The summed E-state index contributed by atoms with van der Waals surface area (Å²) in [5.74, 6) is -0.334. The number of halogens is 1. The van der Waals surface area contributed by atoms with Crippen LogP contribution in [0.15, 0.2) is 23.1 Å². The lowest BCUT2D eigenvalue weighted by Crippen LogP contribution is -2.33. The summed E-state index contributed by atoms with van der Waals surface area (Å²) in [5, 5.41) is 0.231. The molecule has 0 aliphatic carbocycles. The third-order valence-corrected chi connectivity index (χ3v) is 5.34. The lowest BCUT2D eigenvalue weighted by molar-refractivity contribution is 0.0827. The van der Waals surface area contributed by atoms with Gasteiger partial charge in [-0.25, -0.2) is 8.42 Å². The van der Waals surface area contributed by atoms with Crippen LogP contribution in [0, 0.1) is 0 Å². The van der Waals surface area contributed by atoms with Gasteiger partial charge in [0, 0.05) is 27.2 Å². The molecule has 0 aliphatic heterocycles. The highest BCUT2D eigenvalue weighted by Crippen LogP contribution is 2.24. The second-order valence-electron chi connectivity index (χ2n) is 4.96. The molecule has 1 amide bonds. The Balaban J connectivity index is 3.36. The van der Waals surface area contributed by atoms with Crippen LogP contribution in [0.25, 0.3) is 0 Å². The maximum Gasteiger partial charge on any atom is 0.254 e. The van der Waals surface area contributed by atoms with Gasteiger partial charge in [-0.1, -0.05) is 11.6 Å². The fourth-order valence-corrected chi connectivity index (χ4v) is 3.11. The van der Waals surface area contributed by atoms with Crippen molar-refractivity contribution in [2.75, 3.05) is 21.1 Å². The average Bonchev–Trinajstić information content (AvgIpc) is 2.36. The summed E-state index contributed by atoms with van der Waals surface area (Å²) in [7, 11) is 1.04. The second kappa shape index (κ2) is 6.11. The highest BCUT2D eigenvalue weighted by molar-refractivity contribution is 7.89. The Labute approximate surface area is 125 Å². The van der Waals surface area contributed by atoms with Crippen LogP contribution in [0.5, 0.6) is 0 Å². The van der Waals surface area contributed by atoms with Crippen molar-refractivity contribution >= 4 is 27.5 Å². The molecule has 0 N–H and O–H groups in total. The molecule has 0 aromatic heterocycles. The Kier molecular flexibility index (Phi) is 5.18. The largest absolute Gasteiger partial charge is 0.345 e. The van der Waals surface area contributed by atoms with Gasteiger partial charge in [-0.15, -0.1) is 0 Å². The minimum absolute atomic E-state index is 0.0586. The monoisotopic (exact) mass is 318 g/mol. The molecule has 0 saturated carbocycles. The molecule has 0 atom stereocenters. The molecule has 0 saturated heterocycles. The molecule has 1 aromatic carbocycles. The molecule has 7 heteroatoms. The Hall–Kier alpha value is -1.11. The number of carbonyl (C=O) groups excluding carboxylic acids is 1. The van der Waals surface area contributed by atoms with Crippen molar-refractivity contribution in [2.45, 2.75) is 24.8 Å². The van der Waals surface area contributed by atoms with Crippen LogP contribution in [-0.2, 0) is 10.0 Å². The van der Waals surface area contributed by atoms with Crippen LogP contribution in [-0.4, -0.2) is 50.7 Å². The van der Waals surface area contributed by atoms with E-state index in [2.05, 4.69) is 0 Å². The highest BCUT2D eigenvalue weighted by atomic mass is 35.5. The predicted octanol–water partition coefficient (Wildman–Crippen LogP) is 2.07. The minimum atomic E-state index is -3.63. The zero-order valence-electron chi connectivity index (χ0n) is 12.2. The molecule has 5 nitrogen and oxygen atoms in total. The van der Waals surface area contributed by atoms with Crippen molar-refractivity contribution in [3.63, 3.8) is 0 Å². The van der Waals surface area contributed by atoms with Gasteiger partial charge in [0.25, 0.3) is 5.91 Å². The van der Waals surface area contributed by atoms with Crippen molar-refractivity contribution in [3.05, 3.63) is 28.8 Å². The zero-order chi connectivity index (χ0) is 15.7. The van der Waals surface area contributed by atoms with Gasteiger partial charge >= 0.3 is 0 Å². The fourth-order valence-electron chi connectivity index (χ4n) is 1.51. The molecular formula is C13H19ClN2O3S. The molecule has 112 valence electrons. The maximum atomic E-state index is 12.4. The van der Waals surface area contributed by atoms with Crippen LogP contribution in [0.4, 0.5) is 0 Å². The lowest BCUT2D eigenvalue weighted by atomic mass is 10.2. The van der Waals surface area contributed by atoms with Gasteiger partial charge in [0.1, 0.15) is 0 Å². The molecule has 1 aromatic rings. The van der Waals surface area contributed by atoms with E-state index in [0.29, 0.717) is 0 Å². The number of hydrogen-bond donors (Lipinski definition) is 0. The van der Waals surface area contributed by atoms with Gasteiger partial charge in [0.05, 0.1) is 15.5 Å². The SMILES string of the molecule is CC(C)N(C)S(=O)(=O)c1ccc(Cl)c(C(=O)N(C)C)c1. The van der Waals surface area contributed by atoms with Gasteiger partial charge in [-0.2, -0.15) is 4.31 Å². The standard InChI is InChI=1S/C13H19ClN2O3S/c1-9(2)16(5)20(18,19)10-6-7-12(14)11(8-10)13(17)15(3)4/h6-9H,1-5H3. The van der Waals surface area contributed by atoms with Crippen LogP contribution in [0.1, 0.15) is 24.2 Å². The zero-order valence-corrected chi connectivity index (χ0v) is 13.8. The molecule has 0 fully saturated rings. The highest BCUT2D eigenvalue weighted by Gasteiger charge is 2.25. The van der Waals surface area contributed by atoms with E-state index in [1.165, 1.54) is 34.5 Å². The minimum Gasteiger partial charge on any atom is -0.345 e. The average molecular weight is 319 g/mol. The third-order valence-electron chi connectivity index (χ3n) is 2.98. The van der Waals surface area contributed by atoms with Crippen LogP contribution < -0.4 is 0 Å². The van der Waals surface area contributed by atoms with E-state index in [1.807, 2.05) is 0 Å². The van der Waals surface area contributed by atoms with Crippen molar-refractivity contribution in [3.8, 4) is 0 Å². The Morgan fingerprint density at radius 2 is 1.75 bits per heavy atom. The van der Waals surface area contributed by atoms with E-state index in [1.54, 1.807) is 27.9 Å². The summed E-state index contributed by atoms with van der Waals surface area (Å²) in [6.07, 6.45) is 0. The number of amides is 1. The van der Waals surface area contributed by atoms with Crippen molar-refractivity contribution in [1.29, 1.82) is 0 Å². The fraction of sp³-hybridized carbons (Fsp3) is 0.462. The summed E-state index contributed by atoms with van der Waals surface area (Å²) in [6.45, 7) is 3.55. The molecular weight excluding hydrogens is 300 g/mol. The summed E-state index contributed by atoms with van der Waals surface area (Å²) in [4.78, 5) is 13.4. The molecule has 1 rings (SSSR count). The van der Waals surface area contributed by atoms with Gasteiger partial charge in [0.15, 0.2) is 0 Å². The first-order valence-electron chi connectivity index (χ1n) is 6.08. The number of rotatable bonds is 4. The topological polar surface area (TPSA) is 57.7 Å². The normalized spacial score (nSPS) is 12.0. The Morgan fingerprint density at radius 3 is 2.20 bits per heavy atom. The quantitative estimate of drug-likeness (QED) is 0.854. The first-order chi connectivity index (χ1) is 9.09. The molecule has 20 heavy (non-hydrogen) atoms. The summed E-state index contributed by atoms with van der Waals surface area (Å²) in [5.41, 5.74) is 0.176. The van der Waals surface area contributed by atoms with Gasteiger partial charge in [0.2, 0.25) is 10.0 Å². The number of carbonyl (C=O) groups is 1. The molecule has 0 unspecified atom stereocenters. The summed E-state index contributed by atoms with van der Waals surface area (Å²) < 4.78 is 26.0. The summed E-state index contributed by atoms with van der Waals surface area (Å²) >= 11 is 5.97. The van der Waals surface area contributed by atoms with E-state index in [-0.39, 0.29) is 27.4 Å².